The third-order valence-electron chi connectivity index (χ3n) is 4.59. The molecule has 1 unspecified atom stereocenters. The maximum atomic E-state index is 12.9. The standard InChI is InChI=1S/C21H28N4O3S2/c1-12(2)16-7-14(10-22)8-17(13(3)4)19(16)24-20(26)25-30(23,28)18-9-15(11-29-18)21(5,6)27/h7-9,11-13,27H,1-6H3,(H3,23,24,25,26,28). The largest absolute Gasteiger partial charge is 0.386 e. The molecule has 1 aromatic heterocycles. The number of hydrogen-bond acceptors (Lipinski definition) is 5. The Morgan fingerprint density at radius 3 is 2.17 bits per heavy atom. The number of nitrogens with zero attached hydrogens (tertiary/aromatic N) is 2. The fourth-order valence-corrected chi connectivity index (χ4v) is 5.18. The summed E-state index contributed by atoms with van der Waals surface area (Å²) < 4.78 is 16.8. The summed E-state index contributed by atoms with van der Waals surface area (Å²) in [5.74, 6) is 0.0833. The van der Waals surface area contributed by atoms with E-state index in [0.29, 0.717) is 16.8 Å². The molecule has 0 saturated heterocycles. The molecule has 0 aliphatic carbocycles. The van der Waals surface area contributed by atoms with Gasteiger partial charge in [0, 0.05) is 5.69 Å². The van der Waals surface area contributed by atoms with Gasteiger partial charge in [0.2, 0.25) is 0 Å². The fraction of sp³-hybridized carbons (Fsp3) is 0.429. The monoisotopic (exact) mass is 448 g/mol. The first-order valence-electron chi connectivity index (χ1n) is 9.51. The summed E-state index contributed by atoms with van der Waals surface area (Å²) >= 11 is 1.08. The van der Waals surface area contributed by atoms with Gasteiger partial charge in [-0.05, 0) is 66.0 Å². The van der Waals surface area contributed by atoms with Crippen LogP contribution in [0.15, 0.2) is 32.2 Å². The molecular weight excluding hydrogens is 420 g/mol. The second-order valence-corrected chi connectivity index (χ2v) is 11.2. The van der Waals surface area contributed by atoms with Crippen molar-refractivity contribution in [3.8, 4) is 6.07 Å². The SMILES string of the molecule is CC(C)c1cc(C#N)cc(C(C)C)c1NC(=O)N=S(N)(=O)c1cc(C(C)(C)O)cs1. The van der Waals surface area contributed by atoms with Gasteiger partial charge in [-0.25, -0.2) is 14.1 Å². The van der Waals surface area contributed by atoms with Crippen molar-refractivity contribution in [3.63, 3.8) is 0 Å². The highest BCUT2D eigenvalue weighted by molar-refractivity contribution is 7.93. The lowest BCUT2D eigenvalue weighted by Gasteiger charge is -2.20. The normalized spacial score (nSPS) is 13.8. The molecule has 2 amide bonds. The molecule has 2 aromatic rings. The molecule has 7 nitrogen and oxygen atoms in total. The van der Waals surface area contributed by atoms with Crippen LogP contribution in [0.2, 0.25) is 0 Å². The Kier molecular flexibility index (Phi) is 7.09. The first kappa shape index (κ1) is 24.0. The van der Waals surface area contributed by atoms with Crippen LogP contribution >= 0.6 is 11.3 Å². The Morgan fingerprint density at radius 2 is 1.77 bits per heavy atom. The number of nitrogens with two attached hydrogens (primary N) is 1. The molecule has 9 heteroatoms. The van der Waals surface area contributed by atoms with E-state index < -0.39 is 21.5 Å². The first-order chi connectivity index (χ1) is 13.8. The predicted octanol–water partition coefficient (Wildman–Crippen LogP) is 5.03. The molecule has 30 heavy (non-hydrogen) atoms. The molecule has 0 radical (unpaired) electrons. The first-order valence-corrected chi connectivity index (χ1v) is 12.0. The van der Waals surface area contributed by atoms with Gasteiger partial charge < -0.3 is 10.4 Å². The van der Waals surface area contributed by atoms with Gasteiger partial charge in [-0.2, -0.15) is 5.26 Å². The number of urea groups is 1. The number of nitriles is 1. The zero-order valence-electron chi connectivity index (χ0n) is 18.0. The Hall–Kier alpha value is -2.25. The topological polar surface area (TPSA) is 129 Å². The van der Waals surface area contributed by atoms with Crippen molar-refractivity contribution in [2.45, 2.75) is 63.2 Å². The molecule has 1 heterocycles. The lowest BCUT2D eigenvalue weighted by atomic mass is 9.90. The fourth-order valence-electron chi connectivity index (χ4n) is 2.90. The van der Waals surface area contributed by atoms with E-state index in [1.54, 1.807) is 31.4 Å². The van der Waals surface area contributed by atoms with Crippen molar-refractivity contribution in [1.82, 2.24) is 0 Å². The zero-order chi connectivity index (χ0) is 22.9. The third kappa shape index (κ3) is 5.46. The number of thiophene rings is 1. The zero-order valence-corrected chi connectivity index (χ0v) is 19.6. The van der Waals surface area contributed by atoms with Crippen LogP contribution in [0, 0.1) is 11.3 Å². The molecule has 1 atom stereocenters. The summed E-state index contributed by atoms with van der Waals surface area (Å²) in [6, 6.07) is 6.30. The molecular formula is C21H28N4O3S2. The van der Waals surface area contributed by atoms with Gasteiger partial charge in [-0.1, -0.05) is 27.7 Å². The number of carbonyl (C=O) groups excluding carboxylic acids is 1. The van der Waals surface area contributed by atoms with E-state index in [0.717, 1.165) is 22.5 Å². The van der Waals surface area contributed by atoms with Crippen molar-refractivity contribution in [2.75, 3.05) is 5.32 Å². The number of carbonyl (C=O) groups is 1. The van der Waals surface area contributed by atoms with E-state index in [1.165, 1.54) is 6.07 Å². The summed E-state index contributed by atoms with van der Waals surface area (Å²) in [5.41, 5.74) is 2.10. The van der Waals surface area contributed by atoms with Crippen LogP contribution in [-0.4, -0.2) is 15.3 Å². The van der Waals surface area contributed by atoms with Gasteiger partial charge in [0.15, 0.2) is 9.92 Å². The maximum absolute atomic E-state index is 12.9. The summed E-state index contributed by atoms with van der Waals surface area (Å²) in [6.07, 6.45) is 0. The lowest BCUT2D eigenvalue weighted by molar-refractivity contribution is 0.0789. The van der Waals surface area contributed by atoms with E-state index in [9.17, 15) is 19.4 Å². The quantitative estimate of drug-likeness (QED) is 0.592. The number of hydrogen-bond donors (Lipinski definition) is 3. The maximum Gasteiger partial charge on any atom is 0.354 e. The Bertz CT molecular complexity index is 1080. The minimum absolute atomic E-state index is 0.0416. The predicted molar refractivity (Wildman–Crippen MR) is 121 cm³/mol. The molecule has 0 bridgehead atoms. The van der Waals surface area contributed by atoms with Gasteiger partial charge in [0.05, 0.1) is 17.2 Å². The molecule has 0 fully saturated rings. The minimum Gasteiger partial charge on any atom is -0.386 e. The number of rotatable bonds is 5. The second-order valence-electron chi connectivity index (χ2n) is 8.25. The molecule has 2 rings (SSSR count). The molecule has 0 saturated carbocycles. The molecule has 4 N–H and O–H groups in total. The van der Waals surface area contributed by atoms with Crippen molar-refractivity contribution in [1.29, 1.82) is 5.26 Å². The van der Waals surface area contributed by atoms with Crippen molar-refractivity contribution >= 4 is 33.0 Å². The average molecular weight is 449 g/mol. The van der Waals surface area contributed by atoms with Gasteiger partial charge in [-0.3, -0.25) is 0 Å². The van der Waals surface area contributed by atoms with E-state index in [1.807, 2.05) is 27.7 Å². The Morgan fingerprint density at radius 1 is 1.23 bits per heavy atom. The summed E-state index contributed by atoms with van der Waals surface area (Å²) in [7, 11) is -3.48. The van der Waals surface area contributed by atoms with Crippen LogP contribution in [0.4, 0.5) is 10.5 Å². The number of amides is 2. The van der Waals surface area contributed by atoms with Crippen LogP contribution in [0.25, 0.3) is 0 Å². The van der Waals surface area contributed by atoms with Crippen LogP contribution in [0.1, 0.15) is 75.6 Å². The molecule has 0 aliphatic heterocycles. The third-order valence-corrected chi connectivity index (χ3v) is 7.45. The number of anilines is 1. The highest BCUT2D eigenvalue weighted by Gasteiger charge is 2.22. The summed E-state index contributed by atoms with van der Waals surface area (Å²) in [6.45, 7) is 11.1. The van der Waals surface area contributed by atoms with Crippen molar-refractivity contribution in [3.05, 3.63) is 45.8 Å². The number of benzene rings is 1. The second kappa shape index (κ2) is 8.86. The van der Waals surface area contributed by atoms with E-state index in [2.05, 4.69) is 15.7 Å². The number of aliphatic hydroxyl groups is 1. The smallest absolute Gasteiger partial charge is 0.354 e. The van der Waals surface area contributed by atoms with Gasteiger partial charge in [0.25, 0.3) is 0 Å². The minimum atomic E-state index is -3.48. The lowest BCUT2D eigenvalue weighted by Crippen LogP contribution is -2.19. The molecule has 1 aromatic carbocycles. The highest BCUT2D eigenvalue weighted by atomic mass is 32.2. The van der Waals surface area contributed by atoms with Gasteiger partial charge in [-0.15, -0.1) is 15.7 Å². The van der Waals surface area contributed by atoms with Gasteiger partial charge >= 0.3 is 6.03 Å². The Balaban J connectivity index is 2.48. The van der Waals surface area contributed by atoms with E-state index in [-0.39, 0.29) is 16.0 Å². The Labute approximate surface area is 182 Å². The van der Waals surface area contributed by atoms with Crippen LogP contribution < -0.4 is 10.5 Å². The van der Waals surface area contributed by atoms with E-state index in [4.69, 9.17) is 5.14 Å². The number of nitrogens with one attached hydrogen (secondary N) is 1. The van der Waals surface area contributed by atoms with Gasteiger partial charge in [0.1, 0.15) is 4.21 Å². The van der Waals surface area contributed by atoms with E-state index >= 15 is 0 Å². The van der Waals surface area contributed by atoms with Crippen molar-refractivity contribution in [2.24, 2.45) is 9.50 Å². The van der Waals surface area contributed by atoms with Crippen LogP contribution in [-0.2, 0) is 15.5 Å². The molecule has 162 valence electrons. The summed E-state index contributed by atoms with van der Waals surface area (Å²) in [4.78, 5) is 12.7. The molecule has 0 aliphatic rings. The average Bonchev–Trinajstić information content (AvgIpc) is 3.12. The summed E-state index contributed by atoms with van der Waals surface area (Å²) in [5, 5.41) is 29.7. The van der Waals surface area contributed by atoms with Crippen LogP contribution in [0.5, 0.6) is 0 Å². The molecule has 0 spiro atoms. The van der Waals surface area contributed by atoms with Crippen molar-refractivity contribution < 1.29 is 14.1 Å². The highest BCUT2D eigenvalue weighted by Crippen LogP contribution is 2.34. The van der Waals surface area contributed by atoms with Crippen LogP contribution in [0.3, 0.4) is 0 Å².